The Morgan fingerprint density at radius 1 is 0.680 bits per heavy atom. The Morgan fingerprint density at radius 2 is 1.16 bits per heavy atom. The van der Waals surface area contributed by atoms with E-state index in [9.17, 15) is 4.79 Å². The number of rotatable bonds is 0. The molecule has 0 N–H and O–H groups in total. The summed E-state index contributed by atoms with van der Waals surface area (Å²) in [6, 6.07) is 23.6. The van der Waals surface area contributed by atoms with Gasteiger partial charge in [0.1, 0.15) is 5.76 Å². The van der Waals surface area contributed by atoms with Crippen molar-refractivity contribution in [1.82, 2.24) is 0 Å². The minimum atomic E-state index is -0.305. The van der Waals surface area contributed by atoms with E-state index in [1.807, 2.05) is 66.7 Å². The van der Waals surface area contributed by atoms with Gasteiger partial charge >= 0.3 is 5.97 Å². The molecule has 0 atom stereocenters. The standard InChI is InChI=1S/C22H13ClO2/c23-20-15-9-3-1-7-13(15)19(14-8-2-4-10-16(14)20)21-17-11-5-6-12-18(17)22(24)25-21/h1-12,20H. The topological polar surface area (TPSA) is 26.3 Å². The molecule has 2 aliphatic rings. The van der Waals surface area contributed by atoms with E-state index < -0.39 is 0 Å². The Balaban J connectivity index is 1.90. The molecular weight excluding hydrogens is 332 g/mol. The minimum Gasteiger partial charge on any atom is -0.422 e. The van der Waals surface area contributed by atoms with E-state index in [0.29, 0.717) is 11.3 Å². The van der Waals surface area contributed by atoms with Crippen molar-refractivity contribution < 1.29 is 9.53 Å². The van der Waals surface area contributed by atoms with Gasteiger partial charge in [0.05, 0.1) is 10.9 Å². The highest BCUT2D eigenvalue weighted by atomic mass is 35.5. The Kier molecular flexibility index (Phi) is 3.09. The van der Waals surface area contributed by atoms with E-state index >= 15 is 0 Å². The van der Waals surface area contributed by atoms with Gasteiger partial charge in [-0.2, -0.15) is 0 Å². The van der Waals surface area contributed by atoms with Gasteiger partial charge in [0.15, 0.2) is 0 Å². The summed E-state index contributed by atoms with van der Waals surface area (Å²) in [7, 11) is 0. The average molecular weight is 345 g/mol. The third kappa shape index (κ3) is 2.01. The maximum absolute atomic E-state index is 12.3. The van der Waals surface area contributed by atoms with E-state index in [4.69, 9.17) is 16.3 Å². The fourth-order valence-corrected chi connectivity index (χ4v) is 4.08. The Bertz CT molecular complexity index is 1020. The number of hydrogen-bond donors (Lipinski definition) is 0. The second-order valence-electron chi connectivity index (χ2n) is 6.18. The predicted molar refractivity (Wildman–Crippen MR) is 98.4 cm³/mol. The van der Waals surface area contributed by atoms with Gasteiger partial charge in [-0.05, 0) is 28.3 Å². The highest BCUT2D eigenvalue weighted by Gasteiger charge is 2.34. The lowest BCUT2D eigenvalue weighted by Crippen LogP contribution is -2.10. The van der Waals surface area contributed by atoms with E-state index in [0.717, 1.165) is 33.4 Å². The van der Waals surface area contributed by atoms with Crippen LogP contribution in [-0.4, -0.2) is 5.97 Å². The van der Waals surface area contributed by atoms with Gasteiger partial charge in [-0.25, -0.2) is 4.79 Å². The molecule has 0 saturated heterocycles. The molecule has 1 aliphatic carbocycles. The molecule has 0 spiro atoms. The molecular formula is C22H13ClO2. The third-order valence-corrected chi connectivity index (χ3v) is 5.29. The second kappa shape index (κ2) is 5.33. The van der Waals surface area contributed by atoms with Crippen LogP contribution in [0.2, 0.25) is 0 Å². The number of halogens is 1. The van der Waals surface area contributed by atoms with Crippen molar-refractivity contribution >= 4 is 28.9 Å². The summed E-state index contributed by atoms with van der Waals surface area (Å²) < 4.78 is 5.72. The Hall–Kier alpha value is -2.84. The van der Waals surface area contributed by atoms with Crippen molar-refractivity contribution in [2.75, 3.05) is 0 Å². The molecule has 1 heterocycles. The number of benzene rings is 3. The molecule has 2 nitrogen and oxygen atoms in total. The minimum absolute atomic E-state index is 0.218. The van der Waals surface area contributed by atoms with Gasteiger partial charge in [0.2, 0.25) is 0 Å². The normalized spacial score (nSPS) is 17.6. The molecule has 0 unspecified atom stereocenters. The van der Waals surface area contributed by atoms with Crippen LogP contribution in [-0.2, 0) is 4.74 Å². The zero-order valence-electron chi connectivity index (χ0n) is 13.2. The summed E-state index contributed by atoms with van der Waals surface area (Å²) in [5.41, 5.74) is 6.47. The monoisotopic (exact) mass is 344 g/mol. The first-order chi connectivity index (χ1) is 12.3. The van der Waals surface area contributed by atoms with Crippen molar-refractivity contribution in [2.24, 2.45) is 0 Å². The zero-order valence-corrected chi connectivity index (χ0v) is 14.0. The summed E-state index contributed by atoms with van der Waals surface area (Å²) >= 11 is 6.75. The van der Waals surface area contributed by atoms with Gasteiger partial charge < -0.3 is 4.74 Å². The largest absolute Gasteiger partial charge is 0.422 e. The molecule has 3 aromatic rings. The van der Waals surface area contributed by atoms with Gasteiger partial charge in [0.25, 0.3) is 0 Å². The summed E-state index contributed by atoms with van der Waals surface area (Å²) in [5.74, 6) is 0.310. The van der Waals surface area contributed by atoms with Gasteiger partial charge in [-0.3, -0.25) is 0 Å². The van der Waals surface area contributed by atoms with Crippen LogP contribution in [0.4, 0.5) is 0 Å². The maximum atomic E-state index is 12.3. The predicted octanol–water partition coefficient (Wildman–Crippen LogP) is 5.42. The number of carbonyl (C=O) groups is 1. The van der Waals surface area contributed by atoms with Crippen LogP contribution in [0.25, 0.3) is 11.3 Å². The van der Waals surface area contributed by atoms with E-state index in [-0.39, 0.29) is 11.3 Å². The molecule has 0 saturated carbocycles. The number of alkyl halides is 1. The Morgan fingerprint density at radius 3 is 1.76 bits per heavy atom. The molecule has 1 aliphatic heterocycles. The number of fused-ring (bicyclic) bond motifs is 3. The summed E-state index contributed by atoms with van der Waals surface area (Å²) in [4.78, 5) is 12.3. The van der Waals surface area contributed by atoms with Crippen LogP contribution >= 0.6 is 11.6 Å². The van der Waals surface area contributed by atoms with Crippen molar-refractivity contribution in [2.45, 2.75) is 5.38 Å². The smallest absolute Gasteiger partial charge is 0.344 e. The third-order valence-electron chi connectivity index (χ3n) is 4.82. The van der Waals surface area contributed by atoms with E-state index in [2.05, 4.69) is 0 Å². The van der Waals surface area contributed by atoms with Gasteiger partial charge in [-0.15, -0.1) is 11.6 Å². The molecule has 3 aromatic carbocycles. The first kappa shape index (κ1) is 14.5. The Labute approximate surface area is 150 Å². The van der Waals surface area contributed by atoms with E-state index in [1.165, 1.54) is 0 Å². The number of hydrogen-bond acceptors (Lipinski definition) is 2. The summed E-state index contributed by atoms with van der Waals surface area (Å²) in [5, 5.41) is -0.218. The lowest BCUT2D eigenvalue weighted by Gasteiger charge is -2.27. The summed E-state index contributed by atoms with van der Waals surface area (Å²) in [6.45, 7) is 0. The molecule has 0 fully saturated rings. The first-order valence-corrected chi connectivity index (χ1v) is 8.58. The molecule has 0 radical (unpaired) electrons. The molecule has 0 bridgehead atoms. The van der Waals surface area contributed by atoms with Crippen LogP contribution < -0.4 is 0 Å². The number of ether oxygens (including phenoxy) is 1. The highest BCUT2D eigenvalue weighted by molar-refractivity contribution is 6.25. The van der Waals surface area contributed by atoms with Crippen LogP contribution in [0.15, 0.2) is 72.8 Å². The van der Waals surface area contributed by atoms with Gasteiger partial charge in [-0.1, -0.05) is 66.7 Å². The molecule has 25 heavy (non-hydrogen) atoms. The lowest BCUT2D eigenvalue weighted by atomic mass is 9.80. The fourth-order valence-electron chi connectivity index (χ4n) is 3.70. The molecule has 0 aromatic heterocycles. The lowest BCUT2D eigenvalue weighted by molar-refractivity contribution is 0.0716. The second-order valence-corrected chi connectivity index (χ2v) is 6.61. The van der Waals surface area contributed by atoms with Crippen molar-refractivity contribution in [3.8, 4) is 0 Å². The highest BCUT2D eigenvalue weighted by Crippen LogP contribution is 2.48. The molecule has 120 valence electrons. The average Bonchev–Trinajstić information content (AvgIpc) is 2.99. The van der Waals surface area contributed by atoms with Crippen LogP contribution in [0, 0.1) is 0 Å². The summed E-state index contributed by atoms with van der Waals surface area (Å²) in [6.07, 6.45) is 0. The maximum Gasteiger partial charge on any atom is 0.344 e. The fraction of sp³-hybridized carbons (Fsp3) is 0.0455. The zero-order chi connectivity index (χ0) is 17.0. The quantitative estimate of drug-likeness (QED) is 0.402. The van der Waals surface area contributed by atoms with Crippen molar-refractivity contribution in [3.63, 3.8) is 0 Å². The van der Waals surface area contributed by atoms with Crippen LogP contribution in [0.3, 0.4) is 0 Å². The molecule has 5 rings (SSSR count). The first-order valence-electron chi connectivity index (χ1n) is 8.14. The van der Waals surface area contributed by atoms with Crippen LogP contribution in [0.1, 0.15) is 43.6 Å². The van der Waals surface area contributed by atoms with Crippen molar-refractivity contribution in [3.05, 3.63) is 106 Å². The number of cyclic esters (lactones) is 1. The van der Waals surface area contributed by atoms with Crippen molar-refractivity contribution in [1.29, 1.82) is 0 Å². The molecule has 3 heteroatoms. The SMILES string of the molecule is O=C1OC(=C2c3ccccc3C(Cl)c3ccccc32)c2ccccc21. The molecule has 0 amide bonds. The van der Waals surface area contributed by atoms with Gasteiger partial charge in [0, 0.05) is 11.1 Å². The number of esters is 1. The van der Waals surface area contributed by atoms with Crippen LogP contribution in [0.5, 0.6) is 0 Å². The van der Waals surface area contributed by atoms with E-state index in [1.54, 1.807) is 6.07 Å². The number of carbonyl (C=O) groups excluding carboxylic acids is 1.